The Morgan fingerprint density at radius 3 is 2.81 bits per heavy atom. The van der Waals surface area contributed by atoms with Crippen LogP contribution in [-0.4, -0.2) is 39.7 Å². The fourth-order valence-corrected chi connectivity index (χ4v) is 4.06. The van der Waals surface area contributed by atoms with Crippen molar-refractivity contribution >= 4 is 16.7 Å². The van der Waals surface area contributed by atoms with Gasteiger partial charge in [-0.25, -0.2) is 4.98 Å². The number of nitrogens with one attached hydrogen (secondary N) is 1. The first-order chi connectivity index (χ1) is 12.7. The van der Waals surface area contributed by atoms with Crippen LogP contribution in [0.4, 0.5) is 5.69 Å². The molecule has 1 aliphatic rings. The molecule has 4 rings (SSSR count). The number of nitrogens with zero attached hydrogens (tertiary/aromatic N) is 2. The number of pyridine rings is 1. The Kier molecular flexibility index (Phi) is 4.91. The average molecular weight is 350 g/mol. The van der Waals surface area contributed by atoms with Crippen molar-refractivity contribution in [3.8, 4) is 11.1 Å². The SMILES string of the molecule is Nc1cccc(-c2c(CN3CCC(CCO)CC3)[nH]c3ncccc23)c1. The largest absolute Gasteiger partial charge is 0.399 e. The highest BCUT2D eigenvalue weighted by molar-refractivity contribution is 5.96. The third-order valence-corrected chi connectivity index (χ3v) is 5.45. The topological polar surface area (TPSA) is 78.2 Å². The van der Waals surface area contributed by atoms with Crippen molar-refractivity contribution in [2.45, 2.75) is 25.8 Å². The number of aromatic amines is 1. The number of likely N-dealkylation sites (tertiary alicyclic amines) is 1. The summed E-state index contributed by atoms with van der Waals surface area (Å²) in [6, 6.07) is 12.2. The summed E-state index contributed by atoms with van der Waals surface area (Å²) in [5.74, 6) is 0.661. The molecule has 0 spiro atoms. The van der Waals surface area contributed by atoms with Gasteiger partial charge in [-0.2, -0.15) is 0 Å². The maximum absolute atomic E-state index is 9.15. The van der Waals surface area contributed by atoms with Crippen molar-refractivity contribution in [1.29, 1.82) is 0 Å². The number of aromatic nitrogens is 2. The second kappa shape index (κ2) is 7.48. The summed E-state index contributed by atoms with van der Waals surface area (Å²) < 4.78 is 0. The minimum atomic E-state index is 0.304. The van der Waals surface area contributed by atoms with Gasteiger partial charge in [0.15, 0.2) is 0 Å². The molecular weight excluding hydrogens is 324 g/mol. The number of nitrogen functional groups attached to an aromatic ring is 1. The molecule has 26 heavy (non-hydrogen) atoms. The van der Waals surface area contributed by atoms with Crippen LogP contribution in [0.2, 0.25) is 0 Å². The Labute approximate surface area is 153 Å². The van der Waals surface area contributed by atoms with Crippen molar-refractivity contribution in [3.63, 3.8) is 0 Å². The minimum Gasteiger partial charge on any atom is -0.399 e. The molecule has 1 fully saturated rings. The van der Waals surface area contributed by atoms with Crippen LogP contribution in [0.25, 0.3) is 22.2 Å². The lowest BCUT2D eigenvalue weighted by Gasteiger charge is -2.31. The highest BCUT2D eigenvalue weighted by Gasteiger charge is 2.21. The molecule has 0 unspecified atom stereocenters. The Morgan fingerprint density at radius 1 is 1.19 bits per heavy atom. The summed E-state index contributed by atoms with van der Waals surface area (Å²) in [6.07, 6.45) is 5.07. The van der Waals surface area contributed by atoms with Crippen LogP contribution >= 0.6 is 0 Å². The normalized spacial score (nSPS) is 16.3. The lowest BCUT2D eigenvalue weighted by atomic mass is 9.93. The maximum Gasteiger partial charge on any atom is 0.138 e. The number of rotatable bonds is 5. The molecule has 3 heterocycles. The Bertz CT molecular complexity index is 881. The van der Waals surface area contributed by atoms with E-state index in [9.17, 15) is 0 Å². The van der Waals surface area contributed by atoms with Crippen LogP contribution < -0.4 is 5.73 Å². The Hall–Kier alpha value is -2.37. The van der Waals surface area contributed by atoms with E-state index in [1.807, 2.05) is 30.5 Å². The van der Waals surface area contributed by atoms with Crippen molar-refractivity contribution in [2.24, 2.45) is 5.92 Å². The molecule has 1 aliphatic heterocycles. The van der Waals surface area contributed by atoms with Gasteiger partial charge in [-0.05, 0) is 68.1 Å². The summed E-state index contributed by atoms with van der Waals surface area (Å²) in [4.78, 5) is 10.5. The van der Waals surface area contributed by atoms with E-state index in [-0.39, 0.29) is 0 Å². The standard InChI is InChI=1S/C21H26N4O/c22-17-4-1-3-16(13-17)20-18-5-2-9-23-21(18)24-19(20)14-25-10-6-15(7-11-25)8-12-26/h1-5,9,13,15,26H,6-8,10-12,14,22H2,(H,23,24). The molecule has 0 saturated carbocycles. The summed E-state index contributed by atoms with van der Waals surface area (Å²) in [7, 11) is 0. The molecule has 136 valence electrons. The fraction of sp³-hybridized carbons (Fsp3) is 0.381. The quantitative estimate of drug-likeness (QED) is 0.616. The fourth-order valence-electron chi connectivity index (χ4n) is 4.06. The van der Waals surface area contributed by atoms with E-state index >= 15 is 0 Å². The van der Waals surface area contributed by atoms with Gasteiger partial charge in [0.05, 0.1) is 0 Å². The number of anilines is 1. The molecule has 5 heteroatoms. The lowest BCUT2D eigenvalue weighted by Crippen LogP contribution is -2.33. The van der Waals surface area contributed by atoms with Crippen LogP contribution in [0.1, 0.15) is 25.0 Å². The third kappa shape index (κ3) is 3.45. The van der Waals surface area contributed by atoms with Gasteiger partial charge in [-0.15, -0.1) is 0 Å². The minimum absolute atomic E-state index is 0.304. The molecule has 0 bridgehead atoms. The van der Waals surface area contributed by atoms with Gasteiger partial charge in [0.25, 0.3) is 0 Å². The zero-order valence-corrected chi connectivity index (χ0v) is 15.0. The van der Waals surface area contributed by atoms with Gasteiger partial charge in [0.2, 0.25) is 0 Å². The van der Waals surface area contributed by atoms with Crippen LogP contribution in [0, 0.1) is 5.92 Å². The van der Waals surface area contributed by atoms with Crippen LogP contribution in [0.15, 0.2) is 42.6 Å². The number of hydrogen-bond acceptors (Lipinski definition) is 4. The number of nitrogens with two attached hydrogens (primary N) is 1. The molecule has 5 nitrogen and oxygen atoms in total. The molecule has 4 N–H and O–H groups in total. The first-order valence-corrected chi connectivity index (χ1v) is 9.39. The second-order valence-corrected chi connectivity index (χ2v) is 7.24. The van der Waals surface area contributed by atoms with E-state index in [0.717, 1.165) is 61.2 Å². The first-order valence-electron chi connectivity index (χ1n) is 9.39. The number of H-pyrrole nitrogens is 1. The van der Waals surface area contributed by atoms with E-state index in [1.54, 1.807) is 0 Å². The molecule has 1 saturated heterocycles. The molecule has 3 aromatic rings. The highest BCUT2D eigenvalue weighted by atomic mass is 16.3. The number of aliphatic hydroxyl groups excluding tert-OH is 1. The molecule has 0 aliphatic carbocycles. The zero-order valence-electron chi connectivity index (χ0n) is 15.0. The average Bonchev–Trinajstić information content (AvgIpc) is 3.01. The molecular formula is C21H26N4O. The van der Waals surface area contributed by atoms with Crippen molar-refractivity contribution in [1.82, 2.24) is 14.9 Å². The van der Waals surface area contributed by atoms with Crippen molar-refractivity contribution in [2.75, 3.05) is 25.4 Å². The molecule has 2 aromatic heterocycles. The lowest BCUT2D eigenvalue weighted by molar-refractivity contribution is 0.152. The zero-order chi connectivity index (χ0) is 17.9. The summed E-state index contributed by atoms with van der Waals surface area (Å²) in [6.45, 7) is 3.33. The smallest absolute Gasteiger partial charge is 0.138 e. The van der Waals surface area contributed by atoms with E-state index in [1.165, 1.54) is 11.3 Å². The van der Waals surface area contributed by atoms with Crippen molar-refractivity contribution < 1.29 is 5.11 Å². The summed E-state index contributed by atoms with van der Waals surface area (Å²) in [5, 5.41) is 10.3. The molecule has 0 atom stereocenters. The second-order valence-electron chi connectivity index (χ2n) is 7.24. The van der Waals surface area contributed by atoms with Gasteiger partial charge in [-0.3, -0.25) is 4.90 Å². The van der Waals surface area contributed by atoms with Crippen LogP contribution in [-0.2, 0) is 6.54 Å². The van der Waals surface area contributed by atoms with E-state index < -0.39 is 0 Å². The van der Waals surface area contributed by atoms with E-state index in [4.69, 9.17) is 10.8 Å². The number of benzene rings is 1. The Balaban J connectivity index is 1.64. The number of fused-ring (bicyclic) bond motifs is 1. The van der Waals surface area contributed by atoms with Gasteiger partial charge in [0.1, 0.15) is 5.65 Å². The monoisotopic (exact) mass is 350 g/mol. The highest BCUT2D eigenvalue weighted by Crippen LogP contribution is 2.34. The summed E-state index contributed by atoms with van der Waals surface area (Å²) >= 11 is 0. The van der Waals surface area contributed by atoms with Gasteiger partial charge in [0, 0.05) is 41.7 Å². The maximum atomic E-state index is 9.15. The molecule has 1 aromatic carbocycles. The molecule has 0 amide bonds. The van der Waals surface area contributed by atoms with Crippen LogP contribution in [0.5, 0.6) is 0 Å². The van der Waals surface area contributed by atoms with E-state index in [0.29, 0.717) is 12.5 Å². The van der Waals surface area contributed by atoms with Gasteiger partial charge in [-0.1, -0.05) is 12.1 Å². The van der Waals surface area contributed by atoms with Crippen LogP contribution in [0.3, 0.4) is 0 Å². The van der Waals surface area contributed by atoms with Crippen molar-refractivity contribution in [3.05, 3.63) is 48.3 Å². The van der Waals surface area contributed by atoms with E-state index in [2.05, 4.69) is 27.0 Å². The Morgan fingerprint density at radius 2 is 2.04 bits per heavy atom. The van der Waals surface area contributed by atoms with Gasteiger partial charge < -0.3 is 15.8 Å². The van der Waals surface area contributed by atoms with Gasteiger partial charge >= 0.3 is 0 Å². The number of hydrogen-bond donors (Lipinski definition) is 3. The number of aliphatic hydroxyl groups is 1. The predicted octanol–water partition coefficient (Wildman–Crippen LogP) is 3.41. The predicted molar refractivity (Wildman–Crippen MR) is 106 cm³/mol. The molecule has 0 radical (unpaired) electrons. The first kappa shape index (κ1) is 17.1. The third-order valence-electron chi connectivity index (χ3n) is 5.45. The number of piperidine rings is 1. The summed E-state index contributed by atoms with van der Waals surface area (Å²) in [5.41, 5.74) is 11.3.